The first-order valence-electron chi connectivity index (χ1n) is 4.22. The maximum atomic E-state index is 10.8. The molecule has 0 aromatic rings. The van der Waals surface area contributed by atoms with E-state index in [1.165, 1.54) is 0 Å². The van der Waals surface area contributed by atoms with Gasteiger partial charge in [-0.1, -0.05) is 0 Å². The van der Waals surface area contributed by atoms with Crippen LogP contribution >= 0.6 is 11.6 Å². The van der Waals surface area contributed by atoms with E-state index < -0.39 is 0 Å². The third-order valence-electron chi connectivity index (χ3n) is 1.77. The summed E-state index contributed by atoms with van der Waals surface area (Å²) in [5.41, 5.74) is -0.272. The fraction of sp³-hybridized carbons (Fsp3) is 0.889. The highest BCUT2D eigenvalue weighted by atomic mass is 35.5. The molecule has 0 fully saturated rings. The number of alkyl halides is 1. The summed E-state index contributed by atoms with van der Waals surface area (Å²) in [6.07, 6.45) is 0.493. The van der Waals surface area contributed by atoms with Crippen molar-refractivity contribution in [3.05, 3.63) is 0 Å². The standard InChI is InChI=1S/C9H17ClO3/c1-7(13-8(11)6-10)5-9(2,3)12-4/h7H,5-6H2,1-4H3/t7-/m0/s1. The van der Waals surface area contributed by atoms with Gasteiger partial charge >= 0.3 is 5.97 Å². The minimum atomic E-state index is -0.388. The second kappa shape index (κ2) is 5.45. The Morgan fingerprint density at radius 2 is 2.08 bits per heavy atom. The van der Waals surface area contributed by atoms with E-state index in [-0.39, 0.29) is 23.6 Å². The molecule has 0 unspecified atom stereocenters. The quantitative estimate of drug-likeness (QED) is 0.512. The van der Waals surface area contributed by atoms with Crippen LogP contribution in [0.4, 0.5) is 0 Å². The summed E-state index contributed by atoms with van der Waals surface area (Å²) in [7, 11) is 1.64. The zero-order valence-corrected chi connectivity index (χ0v) is 9.35. The molecule has 1 atom stereocenters. The van der Waals surface area contributed by atoms with Crippen molar-refractivity contribution in [1.82, 2.24) is 0 Å². The van der Waals surface area contributed by atoms with Gasteiger partial charge in [0.25, 0.3) is 0 Å². The summed E-state index contributed by atoms with van der Waals surface area (Å²) in [4.78, 5) is 10.8. The second-order valence-corrected chi connectivity index (χ2v) is 3.87. The molecule has 0 aromatic carbocycles. The van der Waals surface area contributed by atoms with Crippen LogP contribution in [-0.4, -0.2) is 30.7 Å². The van der Waals surface area contributed by atoms with Crippen molar-refractivity contribution < 1.29 is 14.3 Å². The first-order valence-corrected chi connectivity index (χ1v) is 4.75. The van der Waals surface area contributed by atoms with Gasteiger partial charge in [0.1, 0.15) is 12.0 Å². The lowest BCUT2D eigenvalue weighted by molar-refractivity contribution is -0.147. The summed E-state index contributed by atoms with van der Waals surface area (Å²) in [5.74, 6) is -0.487. The minimum Gasteiger partial charge on any atom is -0.462 e. The minimum absolute atomic E-state index is 0.0995. The number of hydrogen-bond acceptors (Lipinski definition) is 3. The Hall–Kier alpha value is -0.280. The molecule has 3 nitrogen and oxygen atoms in total. The first-order chi connectivity index (χ1) is 5.91. The SMILES string of the molecule is COC(C)(C)C[C@H](C)OC(=O)CCl. The number of halogens is 1. The Morgan fingerprint density at radius 3 is 2.46 bits per heavy atom. The molecule has 0 amide bonds. The number of hydrogen-bond donors (Lipinski definition) is 0. The Kier molecular flexibility index (Phi) is 5.33. The summed E-state index contributed by atoms with van der Waals surface area (Å²) >= 11 is 5.30. The topological polar surface area (TPSA) is 35.5 Å². The van der Waals surface area contributed by atoms with Gasteiger partial charge in [-0.15, -0.1) is 11.6 Å². The molecular weight excluding hydrogens is 192 g/mol. The van der Waals surface area contributed by atoms with Crippen LogP contribution in [0.2, 0.25) is 0 Å². The molecule has 0 bridgehead atoms. The van der Waals surface area contributed by atoms with Gasteiger partial charge in [-0.2, -0.15) is 0 Å². The molecular formula is C9H17ClO3. The van der Waals surface area contributed by atoms with Gasteiger partial charge in [-0.3, -0.25) is 4.79 Å². The maximum absolute atomic E-state index is 10.8. The zero-order chi connectivity index (χ0) is 10.5. The predicted octanol–water partition coefficient (Wildman–Crippen LogP) is 1.97. The molecule has 0 heterocycles. The molecule has 0 saturated heterocycles. The number of carbonyl (C=O) groups excluding carboxylic acids is 1. The molecule has 0 aliphatic carbocycles. The van der Waals surface area contributed by atoms with Crippen LogP contribution in [0.25, 0.3) is 0 Å². The van der Waals surface area contributed by atoms with Crippen molar-refractivity contribution in [3.8, 4) is 0 Å². The molecule has 0 aromatic heterocycles. The molecule has 0 radical (unpaired) electrons. The number of esters is 1. The van der Waals surface area contributed by atoms with Crippen LogP contribution in [0.5, 0.6) is 0 Å². The van der Waals surface area contributed by atoms with Crippen molar-refractivity contribution in [2.75, 3.05) is 13.0 Å². The summed E-state index contributed by atoms with van der Waals surface area (Å²) in [6.45, 7) is 5.71. The third-order valence-corrected chi connectivity index (χ3v) is 1.99. The zero-order valence-electron chi connectivity index (χ0n) is 8.59. The van der Waals surface area contributed by atoms with Crippen LogP contribution in [0.1, 0.15) is 27.2 Å². The third kappa shape index (κ3) is 5.88. The van der Waals surface area contributed by atoms with E-state index in [1.807, 2.05) is 20.8 Å². The average Bonchev–Trinajstić information content (AvgIpc) is 2.03. The summed E-state index contributed by atoms with van der Waals surface area (Å²) in [6, 6.07) is 0. The fourth-order valence-corrected chi connectivity index (χ4v) is 1.14. The molecule has 0 spiro atoms. The van der Waals surface area contributed by atoms with E-state index in [0.717, 1.165) is 0 Å². The molecule has 0 saturated carbocycles. The van der Waals surface area contributed by atoms with Gasteiger partial charge in [0.15, 0.2) is 0 Å². The Balaban J connectivity index is 3.86. The van der Waals surface area contributed by atoms with Crippen molar-refractivity contribution >= 4 is 17.6 Å². The van der Waals surface area contributed by atoms with Crippen LogP contribution < -0.4 is 0 Å². The smallest absolute Gasteiger partial charge is 0.321 e. The van der Waals surface area contributed by atoms with Crippen molar-refractivity contribution in [3.63, 3.8) is 0 Å². The molecule has 0 aliphatic heterocycles. The van der Waals surface area contributed by atoms with Gasteiger partial charge in [0, 0.05) is 13.5 Å². The molecule has 4 heteroatoms. The Labute approximate surface area is 84.4 Å². The average molecular weight is 209 g/mol. The van der Waals surface area contributed by atoms with Gasteiger partial charge in [-0.25, -0.2) is 0 Å². The van der Waals surface area contributed by atoms with E-state index in [2.05, 4.69) is 0 Å². The number of carbonyl (C=O) groups is 1. The van der Waals surface area contributed by atoms with Crippen molar-refractivity contribution in [1.29, 1.82) is 0 Å². The lowest BCUT2D eigenvalue weighted by Gasteiger charge is -2.26. The van der Waals surface area contributed by atoms with E-state index in [0.29, 0.717) is 6.42 Å². The van der Waals surface area contributed by atoms with Crippen LogP contribution in [-0.2, 0) is 14.3 Å². The molecule has 0 aliphatic rings. The van der Waals surface area contributed by atoms with Crippen LogP contribution in [0.15, 0.2) is 0 Å². The fourth-order valence-electron chi connectivity index (χ4n) is 1.07. The normalized spacial score (nSPS) is 13.9. The van der Waals surface area contributed by atoms with E-state index in [1.54, 1.807) is 7.11 Å². The largest absolute Gasteiger partial charge is 0.462 e. The molecule has 78 valence electrons. The van der Waals surface area contributed by atoms with Gasteiger partial charge in [-0.05, 0) is 20.8 Å². The van der Waals surface area contributed by atoms with E-state index in [4.69, 9.17) is 21.1 Å². The lowest BCUT2D eigenvalue weighted by atomic mass is 10.0. The Bertz CT molecular complexity index is 168. The molecule has 13 heavy (non-hydrogen) atoms. The van der Waals surface area contributed by atoms with Crippen LogP contribution in [0, 0.1) is 0 Å². The maximum Gasteiger partial charge on any atom is 0.321 e. The van der Waals surface area contributed by atoms with E-state index >= 15 is 0 Å². The van der Waals surface area contributed by atoms with Gasteiger partial charge < -0.3 is 9.47 Å². The van der Waals surface area contributed by atoms with Gasteiger partial charge in [0.2, 0.25) is 0 Å². The Morgan fingerprint density at radius 1 is 1.54 bits per heavy atom. The number of methoxy groups -OCH3 is 1. The lowest BCUT2D eigenvalue weighted by Crippen LogP contribution is -2.30. The highest BCUT2D eigenvalue weighted by Gasteiger charge is 2.22. The second-order valence-electron chi connectivity index (χ2n) is 3.60. The van der Waals surface area contributed by atoms with Gasteiger partial charge in [0.05, 0.1) is 5.60 Å². The van der Waals surface area contributed by atoms with Crippen molar-refractivity contribution in [2.24, 2.45) is 0 Å². The highest BCUT2D eigenvalue weighted by Crippen LogP contribution is 2.17. The van der Waals surface area contributed by atoms with Crippen LogP contribution in [0.3, 0.4) is 0 Å². The molecule has 0 N–H and O–H groups in total. The summed E-state index contributed by atoms with van der Waals surface area (Å²) < 4.78 is 10.2. The highest BCUT2D eigenvalue weighted by molar-refractivity contribution is 6.26. The predicted molar refractivity (Wildman–Crippen MR) is 52.0 cm³/mol. The summed E-state index contributed by atoms with van der Waals surface area (Å²) in [5, 5.41) is 0. The number of ether oxygens (including phenoxy) is 2. The monoisotopic (exact) mass is 208 g/mol. The first kappa shape index (κ1) is 12.7. The van der Waals surface area contributed by atoms with Crippen molar-refractivity contribution in [2.45, 2.75) is 38.9 Å². The molecule has 0 rings (SSSR count). The van der Waals surface area contributed by atoms with E-state index in [9.17, 15) is 4.79 Å². The number of rotatable bonds is 5.